The van der Waals surface area contributed by atoms with E-state index in [0.29, 0.717) is 31.7 Å². The van der Waals surface area contributed by atoms with E-state index in [1.807, 2.05) is 6.07 Å². The van der Waals surface area contributed by atoms with E-state index < -0.39 is 5.82 Å². The molecule has 2 amide bonds. The zero-order valence-corrected chi connectivity index (χ0v) is 19.4. The number of carbonyl (C=O) groups excluding carboxylic acids is 2. The Morgan fingerprint density at radius 2 is 1.59 bits per heavy atom. The molecule has 0 N–H and O–H groups in total. The van der Waals surface area contributed by atoms with Crippen molar-refractivity contribution in [1.82, 2.24) is 14.7 Å². The Bertz CT molecular complexity index is 1210. The summed E-state index contributed by atoms with van der Waals surface area (Å²) in [6.45, 7) is 2.63. The number of nitrogens with zero attached hydrogens (tertiary/aromatic N) is 3. The van der Waals surface area contributed by atoms with Crippen LogP contribution in [-0.2, 0) is 11.2 Å². The van der Waals surface area contributed by atoms with Crippen LogP contribution in [0, 0.1) is 11.6 Å². The number of halogens is 2. The lowest BCUT2D eigenvalue weighted by molar-refractivity contribution is -0.134. The zero-order chi connectivity index (χ0) is 23.7. The summed E-state index contributed by atoms with van der Waals surface area (Å²) in [6.07, 6.45) is 0.863. The molecule has 1 atom stereocenters. The van der Waals surface area contributed by atoms with Gasteiger partial charge >= 0.3 is 0 Å². The minimum absolute atomic E-state index is 0.00191. The molecule has 3 heterocycles. The highest BCUT2D eigenvalue weighted by molar-refractivity contribution is 7.10. The molecule has 1 saturated heterocycles. The maximum Gasteiger partial charge on any atom is 0.254 e. The van der Waals surface area contributed by atoms with Crippen molar-refractivity contribution in [2.45, 2.75) is 12.5 Å². The highest BCUT2D eigenvalue weighted by Gasteiger charge is 2.33. The molecule has 176 valence electrons. The van der Waals surface area contributed by atoms with E-state index in [1.54, 1.807) is 39.3 Å². The molecule has 1 fully saturated rings. The molecule has 2 aliphatic rings. The molecule has 0 radical (unpaired) electrons. The standard InChI is InChI=1S/C26H25F2N3O2S/c27-20-5-1-3-18(15-20)25-22-8-14-34-23(22)7-9-31(25)17-24(32)29-10-12-30(13-11-29)26(33)19-4-2-6-21(28)16-19/h1-6,8,14-16,25H,7,9-13,17H2/t25-/m0/s1. The zero-order valence-electron chi connectivity index (χ0n) is 18.6. The number of fused-ring (bicyclic) bond motifs is 1. The highest BCUT2D eigenvalue weighted by atomic mass is 32.1. The number of benzene rings is 2. The summed E-state index contributed by atoms with van der Waals surface area (Å²) in [4.78, 5) is 32.7. The Morgan fingerprint density at radius 1 is 0.882 bits per heavy atom. The van der Waals surface area contributed by atoms with Gasteiger partial charge in [-0.25, -0.2) is 8.78 Å². The lowest BCUT2D eigenvalue weighted by atomic mass is 9.93. The Labute approximate surface area is 201 Å². The minimum Gasteiger partial charge on any atom is -0.338 e. The second-order valence-electron chi connectivity index (χ2n) is 8.66. The van der Waals surface area contributed by atoms with Crippen LogP contribution in [0.25, 0.3) is 0 Å². The maximum atomic E-state index is 14.0. The summed E-state index contributed by atoms with van der Waals surface area (Å²) in [7, 11) is 0. The van der Waals surface area contributed by atoms with Gasteiger partial charge in [0.2, 0.25) is 5.91 Å². The first-order valence-electron chi connectivity index (χ1n) is 11.4. The van der Waals surface area contributed by atoms with Crippen molar-refractivity contribution in [3.05, 3.63) is 93.2 Å². The van der Waals surface area contributed by atoms with Crippen LogP contribution in [0.3, 0.4) is 0 Å². The second-order valence-corrected chi connectivity index (χ2v) is 9.66. The largest absolute Gasteiger partial charge is 0.338 e. The Morgan fingerprint density at radius 3 is 2.32 bits per heavy atom. The van der Waals surface area contributed by atoms with Crippen LogP contribution >= 0.6 is 11.3 Å². The molecule has 0 bridgehead atoms. The lowest BCUT2D eigenvalue weighted by Crippen LogP contribution is -2.53. The third kappa shape index (κ3) is 4.60. The fraction of sp³-hybridized carbons (Fsp3) is 0.308. The SMILES string of the molecule is O=C(CN1CCc2sccc2[C@@H]1c1cccc(F)c1)N1CCN(C(=O)c2cccc(F)c2)CC1. The third-order valence-corrected chi connectivity index (χ3v) is 7.56. The Kier molecular flexibility index (Phi) is 6.43. The molecule has 34 heavy (non-hydrogen) atoms. The van der Waals surface area contributed by atoms with Gasteiger partial charge in [-0.05, 0) is 59.3 Å². The summed E-state index contributed by atoms with van der Waals surface area (Å²) in [5.41, 5.74) is 2.30. The van der Waals surface area contributed by atoms with Gasteiger partial charge in [0.15, 0.2) is 0 Å². The molecule has 3 aromatic rings. The average Bonchev–Trinajstić information content (AvgIpc) is 3.32. The molecule has 8 heteroatoms. The number of hydrogen-bond acceptors (Lipinski definition) is 4. The molecule has 1 aromatic heterocycles. The number of thiophene rings is 1. The van der Waals surface area contributed by atoms with Crippen LogP contribution < -0.4 is 0 Å². The molecule has 2 aromatic carbocycles. The van der Waals surface area contributed by atoms with E-state index in [0.717, 1.165) is 24.1 Å². The van der Waals surface area contributed by atoms with E-state index >= 15 is 0 Å². The van der Waals surface area contributed by atoms with Gasteiger partial charge in [-0.1, -0.05) is 18.2 Å². The molecule has 0 saturated carbocycles. The maximum absolute atomic E-state index is 14.0. The smallest absolute Gasteiger partial charge is 0.254 e. The van der Waals surface area contributed by atoms with Crippen LogP contribution in [0.1, 0.15) is 32.4 Å². The first kappa shape index (κ1) is 22.7. The normalized spacial score (nSPS) is 18.6. The van der Waals surface area contributed by atoms with Gasteiger partial charge < -0.3 is 9.80 Å². The summed E-state index contributed by atoms with van der Waals surface area (Å²) in [5.74, 6) is -0.954. The first-order chi connectivity index (χ1) is 16.5. The molecule has 0 spiro atoms. The van der Waals surface area contributed by atoms with Crippen molar-refractivity contribution in [3.63, 3.8) is 0 Å². The van der Waals surface area contributed by atoms with Gasteiger partial charge in [0.05, 0.1) is 12.6 Å². The van der Waals surface area contributed by atoms with Gasteiger partial charge in [-0.2, -0.15) is 0 Å². The van der Waals surface area contributed by atoms with E-state index in [1.165, 1.54) is 29.1 Å². The molecule has 5 rings (SSSR count). The van der Waals surface area contributed by atoms with Crippen LogP contribution in [0.2, 0.25) is 0 Å². The minimum atomic E-state index is -0.442. The topological polar surface area (TPSA) is 43.9 Å². The van der Waals surface area contributed by atoms with Gasteiger partial charge in [0.25, 0.3) is 5.91 Å². The van der Waals surface area contributed by atoms with E-state index in [9.17, 15) is 18.4 Å². The van der Waals surface area contributed by atoms with Crippen molar-refractivity contribution in [1.29, 1.82) is 0 Å². The van der Waals surface area contributed by atoms with Crippen LogP contribution in [-0.4, -0.2) is 65.8 Å². The third-order valence-electron chi connectivity index (χ3n) is 6.56. The number of amides is 2. The van der Waals surface area contributed by atoms with E-state index in [2.05, 4.69) is 16.3 Å². The fourth-order valence-electron chi connectivity index (χ4n) is 4.84. The van der Waals surface area contributed by atoms with Crippen LogP contribution in [0.5, 0.6) is 0 Å². The monoisotopic (exact) mass is 481 g/mol. The van der Waals surface area contributed by atoms with Crippen molar-refractivity contribution in [2.24, 2.45) is 0 Å². The number of carbonyl (C=O) groups is 2. The quantitative estimate of drug-likeness (QED) is 0.567. The van der Waals surface area contributed by atoms with Crippen LogP contribution in [0.4, 0.5) is 8.78 Å². The number of hydrogen-bond donors (Lipinski definition) is 0. The van der Waals surface area contributed by atoms with Gasteiger partial charge in [0.1, 0.15) is 11.6 Å². The predicted molar refractivity (Wildman–Crippen MR) is 127 cm³/mol. The van der Waals surface area contributed by atoms with Crippen molar-refractivity contribution in [3.8, 4) is 0 Å². The fourth-order valence-corrected chi connectivity index (χ4v) is 5.75. The summed E-state index contributed by atoms with van der Waals surface area (Å²) < 4.78 is 27.5. The summed E-state index contributed by atoms with van der Waals surface area (Å²) in [5, 5.41) is 2.05. The molecule has 5 nitrogen and oxygen atoms in total. The van der Waals surface area contributed by atoms with Crippen molar-refractivity contribution < 1.29 is 18.4 Å². The Hall–Kier alpha value is -3.10. The molecular formula is C26H25F2N3O2S. The number of piperazine rings is 1. The Balaban J connectivity index is 1.25. The average molecular weight is 482 g/mol. The predicted octanol–water partition coefficient (Wildman–Crippen LogP) is 3.96. The summed E-state index contributed by atoms with van der Waals surface area (Å²) >= 11 is 1.70. The number of rotatable bonds is 4. The highest BCUT2D eigenvalue weighted by Crippen LogP contribution is 2.37. The first-order valence-corrected chi connectivity index (χ1v) is 12.3. The molecular weight excluding hydrogens is 456 g/mol. The van der Waals surface area contributed by atoms with Crippen LogP contribution in [0.15, 0.2) is 60.0 Å². The summed E-state index contributed by atoms with van der Waals surface area (Å²) in [6, 6.07) is 14.2. The molecule has 0 unspecified atom stereocenters. The van der Waals surface area contributed by atoms with Gasteiger partial charge in [-0.15, -0.1) is 11.3 Å². The second kappa shape index (κ2) is 9.64. The van der Waals surface area contributed by atoms with Crippen molar-refractivity contribution in [2.75, 3.05) is 39.3 Å². The van der Waals surface area contributed by atoms with E-state index in [4.69, 9.17) is 0 Å². The lowest BCUT2D eigenvalue weighted by Gasteiger charge is -2.39. The van der Waals surface area contributed by atoms with E-state index in [-0.39, 0.29) is 30.2 Å². The van der Waals surface area contributed by atoms with Gasteiger partial charge in [0, 0.05) is 43.2 Å². The van der Waals surface area contributed by atoms with Crippen molar-refractivity contribution >= 4 is 23.2 Å². The molecule has 0 aliphatic carbocycles. The van der Waals surface area contributed by atoms with Gasteiger partial charge in [-0.3, -0.25) is 14.5 Å². The molecule has 2 aliphatic heterocycles.